The molecule has 3 N–H and O–H groups in total. The molecule has 0 fully saturated rings. The largest absolute Gasteiger partial charge is 0.353 e. The van der Waals surface area contributed by atoms with Crippen LogP contribution in [0.3, 0.4) is 0 Å². The predicted octanol–water partition coefficient (Wildman–Crippen LogP) is 6.84. The summed E-state index contributed by atoms with van der Waals surface area (Å²) in [4.78, 5) is 24.1. The van der Waals surface area contributed by atoms with Crippen LogP contribution in [0.25, 0.3) is 55.6 Å². The van der Waals surface area contributed by atoms with E-state index in [0.29, 0.717) is 22.9 Å². The maximum atomic E-state index is 11.6. The Bertz CT molecular complexity index is 1740. The van der Waals surface area contributed by atoms with Gasteiger partial charge in [0, 0.05) is 51.3 Å². The third-order valence-electron chi connectivity index (χ3n) is 6.16. The number of halogens is 1. The lowest BCUT2D eigenvalue weighted by molar-refractivity contribution is -0.115. The molecular weight excluding hydrogens is 472 g/mol. The van der Waals surface area contributed by atoms with Gasteiger partial charge in [-0.3, -0.25) is 9.89 Å². The fourth-order valence-electron chi connectivity index (χ4n) is 4.33. The Morgan fingerprint density at radius 2 is 1.78 bits per heavy atom. The Hall–Kier alpha value is -4.49. The van der Waals surface area contributed by atoms with Crippen LogP contribution in [0.2, 0.25) is 5.02 Å². The number of nitrogens with one attached hydrogen (secondary N) is 3. The van der Waals surface area contributed by atoms with Crippen molar-refractivity contribution >= 4 is 45.3 Å². The fourth-order valence-corrected chi connectivity index (χ4v) is 4.52. The van der Waals surface area contributed by atoms with Crippen LogP contribution < -0.4 is 5.32 Å². The molecule has 0 aliphatic rings. The minimum atomic E-state index is -0.0711. The Kier molecular flexibility index (Phi) is 5.47. The Morgan fingerprint density at radius 3 is 2.58 bits per heavy atom. The summed E-state index contributed by atoms with van der Waals surface area (Å²) in [5.41, 5.74) is 7.37. The topological polar surface area (TPSA) is 99.4 Å². The molecule has 0 aliphatic heterocycles. The number of nitrogens with zero attached hydrogens (tertiary/aromatic N) is 3. The van der Waals surface area contributed by atoms with Crippen molar-refractivity contribution in [2.45, 2.75) is 13.3 Å². The van der Waals surface area contributed by atoms with Gasteiger partial charge in [-0.25, -0.2) is 9.97 Å². The molecule has 7 nitrogen and oxygen atoms in total. The molecule has 6 aromatic rings. The number of hydrogen-bond donors (Lipinski definition) is 3. The standard InChI is InChI=1S/C28H21ClN6O/c1-2-26(36)33-25-10-9-17(14-30-25)18-12-22-27(34-35-28(22)31-15-18)24-13-21-20(7-4-8-23(21)32-24)16-5-3-6-19(29)11-16/h3-15,32H,2H2,1H3,(H,30,33,36)(H,31,34,35). The fraction of sp³-hybridized carbons (Fsp3) is 0.0714. The van der Waals surface area contributed by atoms with Crippen molar-refractivity contribution in [2.24, 2.45) is 0 Å². The normalized spacial score (nSPS) is 11.3. The molecule has 4 aromatic heterocycles. The first-order valence-electron chi connectivity index (χ1n) is 11.6. The molecule has 6 rings (SSSR count). The Labute approximate surface area is 211 Å². The van der Waals surface area contributed by atoms with Gasteiger partial charge in [0.15, 0.2) is 5.65 Å². The summed E-state index contributed by atoms with van der Waals surface area (Å²) in [6, 6.07) is 21.9. The van der Waals surface area contributed by atoms with Gasteiger partial charge in [-0.05, 0) is 53.6 Å². The number of aromatic amines is 2. The minimum absolute atomic E-state index is 0.0711. The van der Waals surface area contributed by atoms with Crippen LogP contribution in [-0.4, -0.2) is 31.1 Å². The first kappa shape index (κ1) is 22.0. The third kappa shape index (κ3) is 3.99. The number of carbonyl (C=O) groups is 1. The minimum Gasteiger partial charge on any atom is -0.353 e. The zero-order valence-electron chi connectivity index (χ0n) is 19.3. The quantitative estimate of drug-likeness (QED) is 0.245. The molecule has 0 aliphatic carbocycles. The van der Waals surface area contributed by atoms with Gasteiger partial charge in [-0.15, -0.1) is 0 Å². The van der Waals surface area contributed by atoms with Crippen molar-refractivity contribution in [3.05, 3.63) is 84.1 Å². The average molecular weight is 493 g/mol. The summed E-state index contributed by atoms with van der Waals surface area (Å²) in [5, 5.41) is 13.0. The van der Waals surface area contributed by atoms with Crippen molar-refractivity contribution in [2.75, 3.05) is 5.32 Å². The van der Waals surface area contributed by atoms with Gasteiger partial charge in [0.2, 0.25) is 5.91 Å². The molecule has 0 spiro atoms. The van der Waals surface area contributed by atoms with E-state index in [4.69, 9.17) is 11.6 Å². The molecule has 0 unspecified atom stereocenters. The molecule has 176 valence electrons. The van der Waals surface area contributed by atoms with Gasteiger partial charge in [-0.2, -0.15) is 5.10 Å². The smallest absolute Gasteiger partial charge is 0.225 e. The number of pyridine rings is 2. The number of benzene rings is 2. The summed E-state index contributed by atoms with van der Waals surface area (Å²) in [6.07, 6.45) is 3.91. The van der Waals surface area contributed by atoms with E-state index in [1.54, 1.807) is 25.4 Å². The van der Waals surface area contributed by atoms with Crippen LogP contribution in [0.4, 0.5) is 5.82 Å². The maximum Gasteiger partial charge on any atom is 0.225 e. The number of anilines is 1. The Morgan fingerprint density at radius 1 is 0.917 bits per heavy atom. The summed E-state index contributed by atoms with van der Waals surface area (Å²) >= 11 is 6.25. The lowest BCUT2D eigenvalue weighted by Crippen LogP contribution is -2.10. The Balaban J connectivity index is 1.40. The van der Waals surface area contributed by atoms with Gasteiger partial charge in [-0.1, -0.05) is 42.8 Å². The predicted molar refractivity (Wildman–Crippen MR) is 144 cm³/mol. The number of carbonyl (C=O) groups excluding carboxylic acids is 1. The summed E-state index contributed by atoms with van der Waals surface area (Å²) in [7, 11) is 0. The molecule has 0 radical (unpaired) electrons. The van der Waals surface area contributed by atoms with Crippen molar-refractivity contribution < 1.29 is 4.79 Å². The van der Waals surface area contributed by atoms with Gasteiger partial charge in [0.1, 0.15) is 5.82 Å². The van der Waals surface area contributed by atoms with Gasteiger partial charge < -0.3 is 10.3 Å². The summed E-state index contributed by atoms with van der Waals surface area (Å²) < 4.78 is 0. The van der Waals surface area contributed by atoms with Crippen LogP contribution in [0.5, 0.6) is 0 Å². The second-order valence-electron chi connectivity index (χ2n) is 8.49. The van der Waals surface area contributed by atoms with Crippen molar-refractivity contribution in [1.29, 1.82) is 0 Å². The highest BCUT2D eigenvalue weighted by Crippen LogP contribution is 2.35. The van der Waals surface area contributed by atoms with Crippen LogP contribution in [0, 0.1) is 0 Å². The van der Waals surface area contributed by atoms with E-state index < -0.39 is 0 Å². The highest BCUT2D eigenvalue weighted by atomic mass is 35.5. The van der Waals surface area contributed by atoms with E-state index in [1.165, 1.54) is 0 Å². The number of amides is 1. The van der Waals surface area contributed by atoms with E-state index in [1.807, 2.05) is 36.4 Å². The second kappa shape index (κ2) is 8.94. The molecule has 4 heterocycles. The van der Waals surface area contributed by atoms with E-state index in [9.17, 15) is 4.79 Å². The van der Waals surface area contributed by atoms with Crippen molar-refractivity contribution in [3.63, 3.8) is 0 Å². The van der Waals surface area contributed by atoms with E-state index in [-0.39, 0.29) is 5.91 Å². The zero-order valence-corrected chi connectivity index (χ0v) is 20.1. The molecular formula is C28H21ClN6O. The molecule has 0 saturated carbocycles. The highest BCUT2D eigenvalue weighted by molar-refractivity contribution is 6.31. The monoisotopic (exact) mass is 492 g/mol. The number of H-pyrrole nitrogens is 2. The second-order valence-corrected chi connectivity index (χ2v) is 8.92. The van der Waals surface area contributed by atoms with E-state index >= 15 is 0 Å². The van der Waals surface area contributed by atoms with Gasteiger partial charge in [0.25, 0.3) is 0 Å². The lowest BCUT2D eigenvalue weighted by Gasteiger charge is -2.05. The molecule has 0 saturated heterocycles. The molecule has 36 heavy (non-hydrogen) atoms. The first-order chi connectivity index (χ1) is 17.6. The molecule has 0 atom stereocenters. The molecule has 8 heteroatoms. The van der Waals surface area contributed by atoms with Crippen LogP contribution in [0.1, 0.15) is 13.3 Å². The number of aromatic nitrogens is 5. The summed E-state index contributed by atoms with van der Waals surface area (Å²) in [5.74, 6) is 0.454. The summed E-state index contributed by atoms with van der Waals surface area (Å²) in [6.45, 7) is 1.80. The van der Waals surface area contributed by atoms with E-state index in [0.717, 1.165) is 49.9 Å². The van der Waals surface area contributed by atoms with Crippen LogP contribution in [0.15, 0.2) is 79.1 Å². The highest BCUT2D eigenvalue weighted by Gasteiger charge is 2.15. The number of rotatable bonds is 5. The average Bonchev–Trinajstić information content (AvgIpc) is 3.52. The molecule has 1 amide bonds. The molecule has 2 aromatic carbocycles. The van der Waals surface area contributed by atoms with Gasteiger partial charge in [0.05, 0.1) is 11.4 Å². The maximum absolute atomic E-state index is 11.6. The van der Waals surface area contributed by atoms with Crippen LogP contribution in [-0.2, 0) is 4.79 Å². The van der Waals surface area contributed by atoms with Crippen molar-refractivity contribution in [3.8, 4) is 33.6 Å². The number of fused-ring (bicyclic) bond motifs is 2. The molecule has 0 bridgehead atoms. The number of hydrogen-bond acceptors (Lipinski definition) is 4. The van der Waals surface area contributed by atoms with Crippen LogP contribution >= 0.6 is 11.6 Å². The first-order valence-corrected chi connectivity index (χ1v) is 12.0. The van der Waals surface area contributed by atoms with Crippen molar-refractivity contribution in [1.82, 2.24) is 25.1 Å². The van der Waals surface area contributed by atoms with E-state index in [2.05, 4.69) is 54.7 Å². The SMILES string of the molecule is CCC(=O)Nc1ccc(-c2cnc3n[nH]c(-c4cc5c(-c6cccc(Cl)c6)cccc5[nH]4)c3c2)cn1. The third-order valence-corrected chi connectivity index (χ3v) is 6.40. The lowest BCUT2D eigenvalue weighted by atomic mass is 10.0. The van der Waals surface area contributed by atoms with Gasteiger partial charge >= 0.3 is 0 Å². The zero-order chi connectivity index (χ0) is 24.6.